The second-order valence-electron chi connectivity index (χ2n) is 4.64. The lowest BCUT2D eigenvalue weighted by atomic mass is 10.0. The maximum Gasteiger partial charge on any atom is 0.274 e. The summed E-state index contributed by atoms with van der Waals surface area (Å²) in [5.74, 6) is 0.523. The molecule has 0 saturated heterocycles. The van der Waals surface area contributed by atoms with Gasteiger partial charge >= 0.3 is 0 Å². The smallest absolute Gasteiger partial charge is 0.274 e. The number of hydrogen-bond acceptors (Lipinski definition) is 4. The van der Waals surface area contributed by atoms with Crippen LogP contribution in [0, 0.1) is 16.0 Å². The lowest BCUT2D eigenvalue weighted by Gasteiger charge is -2.09. The fourth-order valence-corrected chi connectivity index (χ4v) is 2.72. The Morgan fingerprint density at radius 3 is 2.68 bits per heavy atom. The van der Waals surface area contributed by atoms with Crippen LogP contribution in [0.1, 0.15) is 25.7 Å². The van der Waals surface area contributed by atoms with E-state index < -0.39 is 4.92 Å². The van der Waals surface area contributed by atoms with Crippen LogP contribution in [-0.4, -0.2) is 17.3 Å². The van der Waals surface area contributed by atoms with Crippen molar-refractivity contribution in [3.63, 3.8) is 0 Å². The molecule has 19 heavy (non-hydrogen) atoms. The fraction of sp³-hybridized carbons (Fsp3) is 0.462. The first kappa shape index (κ1) is 14.0. The van der Waals surface area contributed by atoms with Gasteiger partial charge in [-0.2, -0.15) is 0 Å². The zero-order valence-electron chi connectivity index (χ0n) is 10.3. The van der Waals surface area contributed by atoms with Crippen molar-refractivity contribution in [2.24, 2.45) is 5.92 Å². The molecule has 0 amide bonds. The van der Waals surface area contributed by atoms with Crippen LogP contribution in [0.15, 0.2) is 22.7 Å². The minimum atomic E-state index is -0.490. The Kier molecular flexibility index (Phi) is 4.52. The number of Topliss-reactive ketones (excluding diaryl/α,β-unsaturated/α-hetero) is 1. The summed E-state index contributed by atoms with van der Waals surface area (Å²) in [6.45, 7) is -0.0156. The van der Waals surface area contributed by atoms with Gasteiger partial charge < -0.3 is 4.74 Å². The lowest BCUT2D eigenvalue weighted by Crippen LogP contribution is -2.19. The number of nitrogens with zero attached hydrogens (tertiary/aromatic N) is 1. The van der Waals surface area contributed by atoms with E-state index in [2.05, 4.69) is 15.9 Å². The van der Waals surface area contributed by atoms with Gasteiger partial charge in [-0.25, -0.2) is 0 Å². The van der Waals surface area contributed by atoms with Crippen molar-refractivity contribution in [3.05, 3.63) is 32.8 Å². The van der Waals surface area contributed by atoms with Crippen molar-refractivity contribution in [1.29, 1.82) is 0 Å². The Morgan fingerprint density at radius 1 is 1.37 bits per heavy atom. The average molecular weight is 328 g/mol. The van der Waals surface area contributed by atoms with Gasteiger partial charge in [0.15, 0.2) is 5.78 Å². The first-order chi connectivity index (χ1) is 9.06. The van der Waals surface area contributed by atoms with Gasteiger partial charge in [-0.1, -0.05) is 28.8 Å². The minimum absolute atomic E-state index is 0.0156. The Morgan fingerprint density at radius 2 is 2.05 bits per heavy atom. The van der Waals surface area contributed by atoms with Gasteiger partial charge in [-0.05, 0) is 18.9 Å². The highest BCUT2D eigenvalue weighted by Crippen LogP contribution is 2.28. The van der Waals surface area contributed by atoms with Crippen LogP contribution in [0.3, 0.4) is 0 Å². The number of carbonyl (C=O) groups excluding carboxylic acids is 1. The predicted octanol–water partition coefficient (Wildman–Crippen LogP) is 3.50. The third-order valence-corrected chi connectivity index (χ3v) is 3.72. The van der Waals surface area contributed by atoms with E-state index in [0.717, 1.165) is 25.7 Å². The number of rotatable bonds is 5. The van der Waals surface area contributed by atoms with Crippen molar-refractivity contribution in [2.75, 3.05) is 6.61 Å². The number of ketones is 1. The maximum absolute atomic E-state index is 11.9. The summed E-state index contributed by atoms with van der Waals surface area (Å²) in [7, 11) is 0. The van der Waals surface area contributed by atoms with Gasteiger partial charge in [0.1, 0.15) is 12.4 Å². The summed E-state index contributed by atoms with van der Waals surface area (Å²) >= 11 is 3.19. The highest BCUT2D eigenvalue weighted by atomic mass is 79.9. The molecule has 1 saturated carbocycles. The molecule has 2 rings (SSSR count). The van der Waals surface area contributed by atoms with Crippen LogP contribution in [0.25, 0.3) is 0 Å². The first-order valence-corrected chi connectivity index (χ1v) is 6.96. The molecule has 1 aliphatic carbocycles. The molecule has 1 aromatic carbocycles. The Labute approximate surface area is 119 Å². The van der Waals surface area contributed by atoms with Gasteiger partial charge in [-0.15, -0.1) is 0 Å². The largest absolute Gasteiger partial charge is 0.486 e. The molecular formula is C13H14BrNO4. The minimum Gasteiger partial charge on any atom is -0.486 e. The van der Waals surface area contributed by atoms with Gasteiger partial charge in [-0.3, -0.25) is 14.9 Å². The molecule has 0 atom stereocenters. The summed E-state index contributed by atoms with van der Waals surface area (Å²) in [5.41, 5.74) is -0.0577. The van der Waals surface area contributed by atoms with E-state index >= 15 is 0 Å². The number of benzene rings is 1. The molecular weight excluding hydrogens is 314 g/mol. The van der Waals surface area contributed by atoms with E-state index in [0.29, 0.717) is 10.2 Å². The highest BCUT2D eigenvalue weighted by molar-refractivity contribution is 9.10. The molecule has 0 bridgehead atoms. The average Bonchev–Trinajstić information content (AvgIpc) is 2.89. The van der Waals surface area contributed by atoms with Crippen molar-refractivity contribution >= 4 is 27.4 Å². The monoisotopic (exact) mass is 327 g/mol. The molecule has 6 heteroatoms. The molecule has 1 fully saturated rings. The van der Waals surface area contributed by atoms with Crippen LogP contribution < -0.4 is 4.74 Å². The Balaban J connectivity index is 1.98. The number of non-ortho nitro benzene ring substituents is 1. The van der Waals surface area contributed by atoms with E-state index in [1.165, 1.54) is 12.1 Å². The zero-order chi connectivity index (χ0) is 13.8. The summed E-state index contributed by atoms with van der Waals surface area (Å²) in [6, 6.07) is 4.34. The summed E-state index contributed by atoms with van der Waals surface area (Å²) in [6.07, 6.45) is 4.05. The molecule has 102 valence electrons. The van der Waals surface area contributed by atoms with Crippen molar-refractivity contribution in [2.45, 2.75) is 25.7 Å². The van der Waals surface area contributed by atoms with Gasteiger partial charge in [0, 0.05) is 16.5 Å². The third-order valence-electron chi connectivity index (χ3n) is 3.26. The molecule has 0 N–H and O–H groups in total. The van der Waals surface area contributed by atoms with Crippen molar-refractivity contribution in [1.82, 2.24) is 0 Å². The molecule has 0 aromatic heterocycles. The fourth-order valence-electron chi connectivity index (χ4n) is 2.26. The third kappa shape index (κ3) is 3.76. The van der Waals surface area contributed by atoms with E-state index in [4.69, 9.17) is 4.74 Å². The van der Waals surface area contributed by atoms with Gasteiger partial charge in [0.25, 0.3) is 5.69 Å². The highest BCUT2D eigenvalue weighted by Gasteiger charge is 2.23. The number of nitro groups is 1. The van der Waals surface area contributed by atoms with E-state index in [9.17, 15) is 14.9 Å². The van der Waals surface area contributed by atoms with E-state index in [1.54, 1.807) is 6.07 Å². The Bertz CT molecular complexity index is 497. The van der Waals surface area contributed by atoms with Gasteiger partial charge in [0.2, 0.25) is 0 Å². The number of hydrogen-bond donors (Lipinski definition) is 0. The Hall–Kier alpha value is -1.43. The zero-order valence-corrected chi connectivity index (χ0v) is 11.9. The quantitative estimate of drug-likeness (QED) is 0.613. The molecule has 1 aromatic rings. The molecule has 0 spiro atoms. The van der Waals surface area contributed by atoms with Crippen LogP contribution in [0.5, 0.6) is 5.75 Å². The predicted molar refractivity (Wildman–Crippen MR) is 73.3 cm³/mol. The SMILES string of the molecule is O=C(COc1cc(Br)cc([N+](=O)[O-])c1)C1CCCC1. The summed E-state index contributed by atoms with van der Waals surface area (Å²) < 4.78 is 5.93. The molecule has 0 unspecified atom stereocenters. The van der Waals surface area contributed by atoms with Crippen LogP contribution in [0.4, 0.5) is 5.69 Å². The van der Waals surface area contributed by atoms with Crippen LogP contribution in [-0.2, 0) is 4.79 Å². The second kappa shape index (κ2) is 6.14. The molecule has 0 heterocycles. The van der Waals surface area contributed by atoms with E-state index in [1.807, 2.05) is 0 Å². The van der Waals surface area contributed by atoms with Crippen molar-refractivity contribution < 1.29 is 14.5 Å². The number of halogens is 1. The lowest BCUT2D eigenvalue weighted by molar-refractivity contribution is -0.385. The first-order valence-electron chi connectivity index (χ1n) is 6.17. The maximum atomic E-state index is 11.9. The number of carbonyl (C=O) groups is 1. The van der Waals surface area contributed by atoms with Crippen LogP contribution in [0.2, 0.25) is 0 Å². The molecule has 0 aliphatic heterocycles. The normalized spacial score (nSPS) is 15.4. The van der Waals surface area contributed by atoms with Crippen molar-refractivity contribution in [3.8, 4) is 5.75 Å². The molecule has 0 radical (unpaired) electrons. The molecule has 1 aliphatic rings. The summed E-state index contributed by atoms with van der Waals surface area (Å²) in [4.78, 5) is 22.1. The number of ether oxygens (including phenoxy) is 1. The van der Waals surface area contributed by atoms with E-state index in [-0.39, 0.29) is 24.0 Å². The second-order valence-corrected chi connectivity index (χ2v) is 5.55. The van der Waals surface area contributed by atoms with Crippen LogP contribution >= 0.6 is 15.9 Å². The number of nitro benzene ring substituents is 1. The summed E-state index contributed by atoms with van der Waals surface area (Å²) in [5, 5.41) is 10.7. The molecule has 5 nitrogen and oxygen atoms in total. The standard InChI is InChI=1S/C13H14BrNO4/c14-10-5-11(15(17)18)7-12(6-10)19-8-13(16)9-3-1-2-4-9/h5-7,9H,1-4,8H2. The topological polar surface area (TPSA) is 69.4 Å². The van der Waals surface area contributed by atoms with Gasteiger partial charge in [0.05, 0.1) is 11.0 Å².